The van der Waals surface area contributed by atoms with Gasteiger partial charge in [0.1, 0.15) is 0 Å². The molecule has 0 saturated carbocycles. The molecule has 0 atom stereocenters. The number of rotatable bonds is 14. The maximum atomic E-state index is 7.61. The zero-order valence-electron chi connectivity index (χ0n) is 30.9. The van der Waals surface area contributed by atoms with Crippen molar-refractivity contribution in [2.24, 2.45) is 0 Å². The Hall–Kier alpha value is -0.120. The molecule has 0 unspecified atom stereocenters. The van der Waals surface area contributed by atoms with E-state index in [0.29, 0.717) is 51.6 Å². The predicted molar refractivity (Wildman–Crippen MR) is 95.6 cm³/mol. The van der Waals surface area contributed by atoms with Gasteiger partial charge < -0.3 is 14.3 Å². The second-order valence-electron chi connectivity index (χ2n) is 5.65. The number of nitrogens with one attached hydrogen (secondary N) is 1. The smallest absolute Gasteiger partial charge is 0.0886 e. The van der Waals surface area contributed by atoms with Crippen molar-refractivity contribution in [3.05, 3.63) is 0 Å². The van der Waals surface area contributed by atoms with Crippen LogP contribution >= 0.6 is 0 Å². The molecule has 0 aliphatic carbocycles. The summed E-state index contributed by atoms with van der Waals surface area (Å²) in [5.41, 5.74) is 0. The maximum absolute atomic E-state index is 7.61. The lowest BCUT2D eigenvalue weighted by Gasteiger charge is -2.23. The molecule has 21 heavy (non-hydrogen) atoms. The van der Waals surface area contributed by atoms with Crippen molar-refractivity contribution >= 4 is 0 Å². The molecule has 0 amide bonds. The molecular weight excluding hydrogens is 258 g/mol. The maximum Gasteiger partial charge on any atom is 0.0886 e. The van der Waals surface area contributed by atoms with Gasteiger partial charge in [-0.25, -0.2) is 0 Å². The van der Waals surface area contributed by atoms with Crippen molar-refractivity contribution in [1.29, 1.82) is 0 Å². The standard InChI is InChI=1S/C18H43N3/c1-20(2,3)17-13-9-7-11-15-19-16-12-8-10-14-18-21(4,5)6/h19H,7-18H2,1-6H3/q+2/i1D3,2D3,3D3,4D3,5D3,6D3. The highest BCUT2D eigenvalue weighted by molar-refractivity contribution is 4.51. The molecule has 0 fully saturated rings. The SMILES string of the molecule is [2H]C([2H])([2H])[N+](CCCCCCNCCCCCC[N+](C([2H])([2H])[2H])(C([2H])([2H])[2H])C([2H])([2H])[2H])(C([2H])([2H])[2H])C([2H])([2H])[2H]. The van der Waals surface area contributed by atoms with Gasteiger partial charge in [-0.15, -0.1) is 0 Å². The number of quaternary nitrogens is 2. The van der Waals surface area contributed by atoms with Gasteiger partial charge in [0, 0.05) is 0 Å². The van der Waals surface area contributed by atoms with Crippen LogP contribution in [0.5, 0.6) is 0 Å². The Morgan fingerprint density at radius 3 is 1.33 bits per heavy atom. The summed E-state index contributed by atoms with van der Waals surface area (Å²) < 4.78 is 133. The number of nitrogens with zero attached hydrogens (tertiary/aromatic N) is 2. The molecule has 0 saturated heterocycles. The van der Waals surface area contributed by atoms with Crippen molar-refractivity contribution in [3.8, 4) is 0 Å². The van der Waals surface area contributed by atoms with Crippen molar-refractivity contribution in [2.45, 2.75) is 51.4 Å². The molecule has 0 aromatic carbocycles. The van der Waals surface area contributed by atoms with Crippen LogP contribution in [0.1, 0.15) is 76.0 Å². The van der Waals surface area contributed by atoms with Crippen molar-refractivity contribution in [1.82, 2.24) is 5.32 Å². The molecule has 1 N–H and O–H groups in total. The first kappa shape index (κ1) is 5.75. The van der Waals surface area contributed by atoms with E-state index in [4.69, 9.17) is 24.7 Å². The molecule has 0 aliphatic heterocycles. The second-order valence-corrected chi connectivity index (χ2v) is 5.65. The fourth-order valence-corrected chi connectivity index (χ4v) is 2.03. The highest BCUT2D eigenvalue weighted by Gasteiger charge is 2.05. The van der Waals surface area contributed by atoms with Crippen molar-refractivity contribution < 1.29 is 33.6 Å². The monoisotopic (exact) mass is 319 g/mol. The van der Waals surface area contributed by atoms with Crippen LogP contribution in [-0.2, 0) is 0 Å². The molecule has 0 heterocycles. The highest BCUT2D eigenvalue weighted by atomic mass is 15.3. The van der Waals surface area contributed by atoms with E-state index in [1.807, 2.05) is 0 Å². The Labute approximate surface area is 160 Å². The largest absolute Gasteiger partial charge is 0.331 e. The van der Waals surface area contributed by atoms with E-state index in [1.54, 1.807) is 0 Å². The molecule has 0 aromatic rings. The van der Waals surface area contributed by atoms with Gasteiger partial charge >= 0.3 is 0 Å². The summed E-state index contributed by atoms with van der Waals surface area (Å²) in [6.07, 6.45) is 3.83. The van der Waals surface area contributed by atoms with Gasteiger partial charge in [-0.3, -0.25) is 0 Å². The molecule has 0 aliphatic rings. The van der Waals surface area contributed by atoms with Gasteiger partial charge in [-0.05, 0) is 51.6 Å². The molecule has 0 rings (SSSR count). The van der Waals surface area contributed by atoms with Crippen molar-refractivity contribution in [2.75, 3.05) is 68.0 Å². The summed E-state index contributed by atoms with van der Waals surface area (Å²) >= 11 is 0. The van der Waals surface area contributed by atoms with Crippen LogP contribution in [-0.4, -0.2) is 77.0 Å². The quantitative estimate of drug-likeness (QED) is 0.383. The third-order valence-corrected chi connectivity index (χ3v) is 3.19. The van der Waals surface area contributed by atoms with Gasteiger partial charge in [0.25, 0.3) is 0 Å². The summed E-state index contributed by atoms with van der Waals surface area (Å²) in [5.74, 6) is 0. The van der Waals surface area contributed by atoms with Crippen LogP contribution in [0.25, 0.3) is 0 Å². The molecule has 0 radical (unpaired) electrons. The minimum atomic E-state index is -3.23. The van der Waals surface area contributed by atoms with Crippen LogP contribution in [0.15, 0.2) is 0 Å². The normalized spacial score (nSPS) is 29.1. The fraction of sp³-hybridized carbons (Fsp3) is 1.00. The highest BCUT2D eigenvalue weighted by Crippen LogP contribution is 2.04. The number of hydrogen-bond acceptors (Lipinski definition) is 1. The van der Waals surface area contributed by atoms with Gasteiger partial charge in [0.05, 0.1) is 79.6 Å². The van der Waals surface area contributed by atoms with E-state index in [0.717, 1.165) is 0 Å². The van der Waals surface area contributed by atoms with Gasteiger partial charge in [0.2, 0.25) is 0 Å². The molecule has 128 valence electrons. The van der Waals surface area contributed by atoms with Gasteiger partial charge in [-0.1, -0.05) is 12.8 Å². The van der Waals surface area contributed by atoms with E-state index < -0.39 is 63.9 Å². The molecule has 3 nitrogen and oxygen atoms in total. The summed E-state index contributed by atoms with van der Waals surface area (Å²) in [6.45, 7) is -19.2. The van der Waals surface area contributed by atoms with Crippen LogP contribution in [0.2, 0.25) is 0 Å². The molecule has 0 aromatic heterocycles. The lowest BCUT2D eigenvalue weighted by atomic mass is 10.1. The van der Waals surface area contributed by atoms with Crippen molar-refractivity contribution in [3.63, 3.8) is 0 Å². The number of unbranched alkanes of at least 4 members (excludes halogenated alkanes) is 6. The first-order valence-corrected chi connectivity index (χ1v) is 7.68. The third kappa shape index (κ3) is 19.9. The summed E-state index contributed by atoms with van der Waals surface area (Å²) in [7, 11) is 0. The first-order valence-electron chi connectivity index (χ1n) is 16.7. The van der Waals surface area contributed by atoms with Crippen LogP contribution < -0.4 is 5.32 Å². The van der Waals surface area contributed by atoms with E-state index in [2.05, 4.69) is 5.32 Å². The third-order valence-electron chi connectivity index (χ3n) is 3.19. The lowest BCUT2D eigenvalue weighted by Crippen LogP contribution is -2.35. The van der Waals surface area contributed by atoms with E-state index in [-0.39, 0.29) is 12.8 Å². The molecule has 0 spiro atoms. The number of hydrogen-bond donors (Lipinski definition) is 1. The van der Waals surface area contributed by atoms with Gasteiger partial charge in [-0.2, -0.15) is 0 Å². The zero-order chi connectivity index (χ0) is 31.2. The Morgan fingerprint density at radius 2 is 0.952 bits per heavy atom. The lowest BCUT2D eigenvalue weighted by molar-refractivity contribution is -0.870. The van der Waals surface area contributed by atoms with E-state index >= 15 is 0 Å². The molecular formula is C18H43N3+2. The minimum Gasteiger partial charge on any atom is -0.331 e. The Morgan fingerprint density at radius 1 is 0.571 bits per heavy atom. The topological polar surface area (TPSA) is 12.0 Å². The average Bonchev–Trinajstić information content (AvgIpc) is 2.64. The van der Waals surface area contributed by atoms with E-state index in [1.165, 1.54) is 0 Å². The molecule has 0 bridgehead atoms. The van der Waals surface area contributed by atoms with Crippen LogP contribution in [0.4, 0.5) is 0 Å². The van der Waals surface area contributed by atoms with Crippen LogP contribution in [0.3, 0.4) is 0 Å². The zero-order valence-corrected chi connectivity index (χ0v) is 12.9. The van der Waals surface area contributed by atoms with Crippen LogP contribution in [0, 0.1) is 0 Å². The molecule has 3 heteroatoms. The fourth-order valence-electron chi connectivity index (χ4n) is 2.03. The first-order chi connectivity index (χ1) is 17.2. The Balaban J connectivity index is 4.46. The Kier molecular flexibility index (Phi) is 3.14. The Bertz CT molecular complexity index is 582. The summed E-state index contributed by atoms with van der Waals surface area (Å²) in [4.78, 5) is 0. The van der Waals surface area contributed by atoms with Gasteiger partial charge in [0.15, 0.2) is 0 Å². The predicted octanol–water partition coefficient (Wildman–Crippen LogP) is 3.11. The van der Waals surface area contributed by atoms with E-state index in [9.17, 15) is 0 Å². The summed E-state index contributed by atoms with van der Waals surface area (Å²) in [6, 6.07) is 0. The average molecular weight is 320 g/mol. The minimum absolute atomic E-state index is 0.123. The summed E-state index contributed by atoms with van der Waals surface area (Å²) in [5, 5.41) is 3.20. The second kappa shape index (κ2) is 11.4.